The van der Waals surface area contributed by atoms with Crippen molar-refractivity contribution >= 4 is 35.0 Å². The Balaban J connectivity index is 1.69. The lowest BCUT2D eigenvalue weighted by molar-refractivity contribution is 0.187. The van der Waals surface area contributed by atoms with E-state index in [9.17, 15) is 4.57 Å². The van der Waals surface area contributed by atoms with E-state index in [1.807, 2.05) is 58.0 Å². The number of nitrogens with zero attached hydrogens (tertiary/aromatic N) is 2. The van der Waals surface area contributed by atoms with Crippen molar-refractivity contribution in [3.8, 4) is 5.75 Å². The second kappa shape index (κ2) is 8.27. The number of ether oxygens (including phenoxy) is 1. The van der Waals surface area contributed by atoms with E-state index >= 15 is 0 Å². The summed E-state index contributed by atoms with van der Waals surface area (Å²) in [6.45, 7) is 7.95. The molecule has 0 aliphatic carbocycles. The zero-order valence-electron chi connectivity index (χ0n) is 17.7. The van der Waals surface area contributed by atoms with Gasteiger partial charge in [-0.05, 0) is 63.4 Å². The van der Waals surface area contributed by atoms with Gasteiger partial charge in [-0.15, -0.1) is 11.3 Å². The Bertz CT molecular complexity index is 1080. The van der Waals surface area contributed by atoms with Gasteiger partial charge < -0.3 is 19.1 Å². The molecule has 1 fully saturated rings. The fourth-order valence-corrected chi connectivity index (χ4v) is 7.43. The van der Waals surface area contributed by atoms with Gasteiger partial charge in [0.1, 0.15) is 11.4 Å². The van der Waals surface area contributed by atoms with Crippen LogP contribution in [0.3, 0.4) is 0 Å². The summed E-state index contributed by atoms with van der Waals surface area (Å²) in [5.41, 5.74) is 1.27. The number of hydrogen-bond donors (Lipinski definition) is 1. The third kappa shape index (κ3) is 4.23. The number of nitrogens with one attached hydrogen (secondary N) is 1. The number of methoxy groups -OCH3 is 1. The molecule has 160 valence electrons. The summed E-state index contributed by atoms with van der Waals surface area (Å²) in [4.78, 5) is 9.81. The summed E-state index contributed by atoms with van der Waals surface area (Å²) >= 11 is 1.57. The van der Waals surface area contributed by atoms with Gasteiger partial charge in [-0.1, -0.05) is 0 Å². The topological polar surface area (TPSA) is 82.6 Å². The number of rotatable bonds is 6. The van der Waals surface area contributed by atoms with E-state index in [0.29, 0.717) is 12.5 Å². The van der Waals surface area contributed by atoms with Crippen LogP contribution in [0.15, 0.2) is 30.3 Å². The van der Waals surface area contributed by atoms with Crippen molar-refractivity contribution in [3.05, 3.63) is 46.6 Å². The maximum Gasteiger partial charge on any atom is 0.341 e. The lowest BCUT2D eigenvalue weighted by atomic mass is 10.2. The summed E-state index contributed by atoms with van der Waals surface area (Å²) in [6, 6.07) is 9.87. The average Bonchev–Trinajstić information content (AvgIpc) is 3.20. The van der Waals surface area contributed by atoms with Crippen molar-refractivity contribution < 1.29 is 18.3 Å². The first-order valence-electron chi connectivity index (χ1n) is 9.87. The van der Waals surface area contributed by atoms with Crippen LogP contribution in [0.1, 0.15) is 35.8 Å². The molecule has 0 spiro atoms. The summed E-state index contributed by atoms with van der Waals surface area (Å²) in [5, 5.41) is 4.32. The van der Waals surface area contributed by atoms with Crippen LogP contribution in [-0.2, 0) is 13.6 Å². The van der Waals surface area contributed by atoms with Crippen LogP contribution in [0, 0.1) is 13.8 Å². The van der Waals surface area contributed by atoms with Crippen LogP contribution in [0.4, 0.5) is 5.95 Å². The first-order chi connectivity index (χ1) is 14.3. The standard InChI is InChI=1S/C21H26N3O4PS/c1-12-8-13(2)24-21(23-12)22-11-18(29(25)27-14(3)15(4)28-29)20-9-16-6-7-17(26-5)10-19(16)30-20/h6-10,14-15,18H,11H2,1-5H3,(H,22,23,24)/t14-,15+,18?,29?. The Hall–Kier alpha value is -1.99. The minimum absolute atomic E-state index is 0.231. The average molecular weight is 447 g/mol. The molecule has 30 heavy (non-hydrogen) atoms. The van der Waals surface area contributed by atoms with E-state index in [1.165, 1.54) is 0 Å². The SMILES string of the molecule is COc1ccc2cc(C(CNc3nc(C)cc(C)n3)P3(=O)O[C@@H](C)[C@@H](C)O3)sc2c1. The normalized spacial score (nSPS) is 24.8. The van der Waals surface area contributed by atoms with Crippen LogP contribution in [0.5, 0.6) is 5.75 Å². The fraction of sp³-hybridized carbons (Fsp3) is 0.429. The third-order valence-corrected chi connectivity index (χ3v) is 9.04. The highest BCUT2D eigenvalue weighted by atomic mass is 32.1. The molecule has 9 heteroatoms. The molecule has 1 aromatic carbocycles. The molecule has 1 aliphatic rings. The van der Waals surface area contributed by atoms with Crippen molar-refractivity contribution in [2.75, 3.05) is 19.0 Å². The lowest BCUT2D eigenvalue weighted by Crippen LogP contribution is -2.15. The van der Waals surface area contributed by atoms with Crippen LogP contribution in [0.25, 0.3) is 10.1 Å². The second-order valence-electron chi connectivity index (χ2n) is 7.58. The highest BCUT2D eigenvalue weighted by Gasteiger charge is 2.47. The zero-order valence-corrected chi connectivity index (χ0v) is 19.4. The van der Waals surface area contributed by atoms with Gasteiger partial charge in [-0.25, -0.2) is 9.97 Å². The maximum atomic E-state index is 13.7. The summed E-state index contributed by atoms with van der Waals surface area (Å²) in [7, 11) is -1.74. The summed E-state index contributed by atoms with van der Waals surface area (Å²) < 4.78 is 31.9. The van der Waals surface area contributed by atoms with Gasteiger partial charge in [0.15, 0.2) is 0 Å². The molecular weight excluding hydrogens is 421 g/mol. The summed E-state index contributed by atoms with van der Waals surface area (Å²) in [6.07, 6.45) is -0.462. The Kier molecular flexibility index (Phi) is 5.86. The highest BCUT2D eigenvalue weighted by molar-refractivity contribution is 7.55. The van der Waals surface area contributed by atoms with Gasteiger partial charge in [0.2, 0.25) is 5.95 Å². The van der Waals surface area contributed by atoms with Gasteiger partial charge in [-0.2, -0.15) is 0 Å². The smallest absolute Gasteiger partial charge is 0.341 e. The minimum Gasteiger partial charge on any atom is -0.497 e. The molecule has 2 unspecified atom stereocenters. The molecule has 3 heterocycles. The Morgan fingerprint density at radius 3 is 2.43 bits per heavy atom. The molecule has 0 saturated carbocycles. The monoisotopic (exact) mass is 447 g/mol. The minimum atomic E-state index is -3.39. The van der Waals surface area contributed by atoms with Crippen molar-refractivity contribution in [2.45, 2.75) is 45.6 Å². The number of thiophene rings is 1. The van der Waals surface area contributed by atoms with Gasteiger partial charge in [0, 0.05) is 27.5 Å². The Labute approximate surface area is 180 Å². The first kappa shape index (κ1) is 21.2. The van der Waals surface area contributed by atoms with Crippen LogP contribution in [-0.4, -0.2) is 35.8 Å². The first-order valence-corrected chi connectivity index (χ1v) is 12.3. The quantitative estimate of drug-likeness (QED) is 0.501. The number of hydrogen-bond acceptors (Lipinski definition) is 8. The molecule has 4 atom stereocenters. The molecule has 0 amide bonds. The predicted octanol–water partition coefficient (Wildman–Crippen LogP) is 5.49. The van der Waals surface area contributed by atoms with Crippen molar-refractivity contribution in [1.82, 2.24) is 9.97 Å². The van der Waals surface area contributed by atoms with Gasteiger partial charge in [-0.3, -0.25) is 4.57 Å². The van der Waals surface area contributed by atoms with Crippen molar-refractivity contribution in [1.29, 1.82) is 0 Å². The number of aromatic nitrogens is 2. The molecule has 2 aromatic heterocycles. The van der Waals surface area contributed by atoms with Crippen molar-refractivity contribution in [2.24, 2.45) is 0 Å². The lowest BCUT2D eigenvalue weighted by Gasteiger charge is -2.22. The molecule has 4 rings (SSSR count). The van der Waals surface area contributed by atoms with Crippen LogP contribution < -0.4 is 10.1 Å². The van der Waals surface area contributed by atoms with Crippen molar-refractivity contribution in [3.63, 3.8) is 0 Å². The Morgan fingerprint density at radius 2 is 1.80 bits per heavy atom. The van der Waals surface area contributed by atoms with Crippen LogP contribution >= 0.6 is 18.9 Å². The van der Waals surface area contributed by atoms with Gasteiger partial charge in [0.05, 0.1) is 19.3 Å². The molecule has 1 saturated heterocycles. The largest absolute Gasteiger partial charge is 0.497 e. The molecule has 0 bridgehead atoms. The molecule has 1 N–H and O–H groups in total. The van der Waals surface area contributed by atoms with E-state index in [0.717, 1.165) is 32.1 Å². The van der Waals surface area contributed by atoms with E-state index in [-0.39, 0.29) is 12.2 Å². The zero-order chi connectivity index (χ0) is 21.5. The summed E-state index contributed by atoms with van der Waals surface area (Å²) in [5.74, 6) is 1.30. The highest BCUT2D eigenvalue weighted by Crippen LogP contribution is 2.67. The third-order valence-electron chi connectivity index (χ3n) is 5.18. The van der Waals surface area contributed by atoms with Gasteiger partial charge >= 0.3 is 7.60 Å². The Morgan fingerprint density at radius 1 is 1.13 bits per heavy atom. The fourth-order valence-electron chi connectivity index (χ4n) is 3.49. The van der Waals surface area contributed by atoms with Gasteiger partial charge in [0.25, 0.3) is 0 Å². The number of benzene rings is 1. The predicted molar refractivity (Wildman–Crippen MR) is 120 cm³/mol. The number of fused-ring (bicyclic) bond motifs is 1. The van der Waals surface area contributed by atoms with E-state index < -0.39 is 13.3 Å². The van der Waals surface area contributed by atoms with Crippen LogP contribution in [0.2, 0.25) is 0 Å². The van der Waals surface area contributed by atoms with E-state index in [1.54, 1.807) is 18.4 Å². The molecular formula is C21H26N3O4PS. The second-order valence-corrected chi connectivity index (χ2v) is 10.8. The molecule has 1 aliphatic heterocycles. The molecule has 3 aromatic rings. The number of anilines is 1. The van der Waals surface area contributed by atoms with E-state index in [2.05, 4.69) is 15.3 Å². The van der Waals surface area contributed by atoms with E-state index in [4.69, 9.17) is 13.8 Å². The molecule has 7 nitrogen and oxygen atoms in total. The molecule has 0 radical (unpaired) electrons. The maximum absolute atomic E-state index is 13.7. The number of aryl methyl sites for hydroxylation is 2.